The smallest absolute Gasteiger partial charge is 0.223 e. The van der Waals surface area contributed by atoms with Crippen molar-refractivity contribution < 1.29 is 9.53 Å². The van der Waals surface area contributed by atoms with Crippen molar-refractivity contribution in [3.05, 3.63) is 0 Å². The summed E-state index contributed by atoms with van der Waals surface area (Å²) in [6.45, 7) is 7.39. The van der Waals surface area contributed by atoms with Crippen molar-refractivity contribution in [3.8, 4) is 0 Å². The van der Waals surface area contributed by atoms with Gasteiger partial charge in [0.1, 0.15) is 0 Å². The minimum atomic E-state index is 0. The van der Waals surface area contributed by atoms with E-state index in [9.17, 15) is 4.79 Å². The van der Waals surface area contributed by atoms with Crippen LogP contribution in [-0.4, -0.2) is 30.7 Å². The molecule has 2 saturated carbocycles. The van der Waals surface area contributed by atoms with Gasteiger partial charge in [-0.25, -0.2) is 0 Å². The zero-order chi connectivity index (χ0) is 14.8. The fourth-order valence-corrected chi connectivity index (χ4v) is 3.33. The number of amides is 1. The van der Waals surface area contributed by atoms with E-state index in [-0.39, 0.29) is 47.8 Å². The molecule has 2 rings (SSSR count). The highest BCUT2D eigenvalue weighted by molar-refractivity contribution is 5.85. The van der Waals surface area contributed by atoms with Crippen LogP contribution in [0.15, 0.2) is 0 Å². The molecule has 21 heavy (non-hydrogen) atoms. The average Bonchev–Trinajstić information content (AvgIpc) is 2.83. The predicted molar refractivity (Wildman–Crippen MR) is 87.5 cm³/mol. The molecule has 0 spiro atoms. The summed E-state index contributed by atoms with van der Waals surface area (Å²) in [4.78, 5) is 12.2. The van der Waals surface area contributed by atoms with Gasteiger partial charge in [-0.3, -0.25) is 4.79 Å². The summed E-state index contributed by atoms with van der Waals surface area (Å²) >= 11 is 0. The normalized spacial score (nSPS) is 33.9. The molecule has 5 heteroatoms. The predicted octanol–water partition coefficient (Wildman–Crippen LogP) is 2.64. The number of hydrogen-bond acceptors (Lipinski definition) is 3. The Labute approximate surface area is 135 Å². The molecule has 4 nitrogen and oxygen atoms in total. The Kier molecular flexibility index (Phi) is 6.95. The number of nitrogens with one attached hydrogen (secondary N) is 1. The fourth-order valence-electron chi connectivity index (χ4n) is 3.33. The quantitative estimate of drug-likeness (QED) is 0.740. The Balaban J connectivity index is 0.00000220. The highest BCUT2D eigenvalue weighted by Crippen LogP contribution is 2.43. The molecule has 0 heterocycles. The van der Waals surface area contributed by atoms with Crippen LogP contribution >= 0.6 is 12.4 Å². The number of hydrogen-bond donors (Lipinski definition) is 2. The summed E-state index contributed by atoms with van der Waals surface area (Å²) in [5, 5.41) is 3.22. The Morgan fingerprint density at radius 1 is 1.33 bits per heavy atom. The molecule has 0 radical (unpaired) electrons. The second-order valence-corrected chi connectivity index (χ2v) is 7.10. The molecular formula is C16H31ClN2O2. The molecule has 0 aromatic heterocycles. The summed E-state index contributed by atoms with van der Waals surface area (Å²) in [5.74, 6) is 0.323. The highest BCUT2D eigenvalue weighted by atomic mass is 35.5. The maximum atomic E-state index is 12.2. The van der Waals surface area contributed by atoms with Crippen molar-refractivity contribution in [1.82, 2.24) is 5.32 Å². The van der Waals surface area contributed by atoms with Crippen molar-refractivity contribution in [3.63, 3.8) is 0 Å². The zero-order valence-corrected chi connectivity index (χ0v) is 14.4. The topological polar surface area (TPSA) is 64.3 Å². The molecule has 0 aromatic carbocycles. The second-order valence-electron chi connectivity index (χ2n) is 7.10. The molecular weight excluding hydrogens is 288 g/mol. The Morgan fingerprint density at radius 2 is 2.05 bits per heavy atom. The van der Waals surface area contributed by atoms with Crippen LogP contribution in [-0.2, 0) is 9.53 Å². The van der Waals surface area contributed by atoms with Gasteiger partial charge in [0.25, 0.3) is 0 Å². The lowest BCUT2D eigenvalue weighted by Crippen LogP contribution is -2.62. The first-order chi connectivity index (χ1) is 9.45. The molecule has 0 aliphatic heterocycles. The van der Waals surface area contributed by atoms with E-state index < -0.39 is 0 Å². The molecule has 0 saturated heterocycles. The molecule has 2 fully saturated rings. The van der Waals surface area contributed by atoms with E-state index in [0.717, 1.165) is 45.1 Å². The van der Waals surface area contributed by atoms with E-state index in [0.29, 0.717) is 0 Å². The number of unbranched alkanes of at least 4 members (excludes halogenated alkanes) is 1. The zero-order valence-electron chi connectivity index (χ0n) is 13.6. The van der Waals surface area contributed by atoms with Crippen LogP contribution in [0.5, 0.6) is 0 Å². The van der Waals surface area contributed by atoms with Gasteiger partial charge in [-0.1, -0.05) is 27.2 Å². The first-order valence-electron chi connectivity index (χ1n) is 8.12. The fraction of sp³-hybridized carbons (Fsp3) is 0.938. The van der Waals surface area contributed by atoms with Crippen molar-refractivity contribution in [2.45, 2.75) is 77.5 Å². The molecule has 3 N–H and O–H groups in total. The Bertz CT molecular complexity index is 349. The number of carbonyl (C=O) groups excluding carboxylic acids is 1. The van der Waals surface area contributed by atoms with Gasteiger partial charge in [-0.05, 0) is 32.1 Å². The lowest BCUT2D eigenvalue weighted by Gasteiger charge is -2.52. The van der Waals surface area contributed by atoms with E-state index in [4.69, 9.17) is 10.5 Å². The van der Waals surface area contributed by atoms with Gasteiger partial charge in [0.15, 0.2) is 0 Å². The third-order valence-electron chi connectivity index (χ3n) is 5.16. The molecule has 0 bridgehead atoms. The Hall–Kier alpha value is -0.320. The molecule has 1 amide bonds. The molecule has 0 aromatic rings. The van der Waals surface area contributed by atoms with Gasteiger partial charge in [0.2, 0.25) is 5.91 Å². The second kappa shape index (κ2) is 7.80. The van der Waals surface area contributed by atoms with Crippen LogP contribution in [0.25, 0.3) is 0 Å². The summed E-state index contributed by atoms with van der Waals surface area (Å²) in [6, 6.07) is 0.462. The molecule has 124 valence electrons. The SMILES string of the molecule is CCCCOC1CC(NC(=O)C2CCC(N)C2)C1(C)C.Cl. The van der Waals surface area contributed by atoms with E-state index in [1.165, 1.54) is 0 Å². The van der Waals surface area contributed by atoms with Crippen LogP contribution in [0.3, 0.4) is 0 Å². The van der Waals surface area contributed by atoms with Gasteiger partial charge in [0, 0.05) is 30.0 Å². The van der Waals surface area contributed by atoms with E-state index in [1.54, 1.807) is 0 Å². The van der Waals surface area contributed by atoms with E-state index >= 15 is 0 Å². The van der Waals surface area contributed by atoms with Gasteiger partial charge < -0.3 is 15.8 Å². The minimum Gasteiger partial charge on any atom is -0.378 e. The third kappa shape index (κ3) is 4.33. The summed E-state index contributed by atoms with van der Waals surface area (Å²) < 4.78 is 5.92. The molecule has 4 atom stereocenters. The van der Waals surface area contributed by atoms with Gasteiger partial charge >= 0.3 is 0 Å². The lowest BCUT2D eigenvalue weighted by atomic mass is 9.64. The summed E-state index contributed by atoms with van der Waals surface area (Å²) in [5.41, 5.74) is 5.93. The third-order valence-corrected chi connectivity index (χ3v) is 5.16. The maximum Gasteiger partial charge on any atom is 0.223 e. The molecule has 4 unspecified atom stereocenters. The van der Waals surface area contributed by atoms with Crippen LogP contribution in [0.2, 0.25) is 0 Å². The van der Waals surface area contributed by atoms with Crippen LogP contribution < -0.4 is 11.1 Å². The highest BCUT2D eigenvalue weighted by Gasteiger charge is 2.50. The number of nitrogens with two attached hydrogens (primary N) is 1. The standard InChI is InChI=1S/C16H30N2O2.ClH/c1-4-5-8-20-14-10-13(16(14,2)3)18-15(19)11-6-7-12(17)9-11;/h11-14H,4-10,17H2,1-3H3,(H,18,19);1H. The monoisotopic (exact) mass is 318 g/mol. The first-order valence-corrected chi connectivity index (χ1v) is 8.12. The van der Waals surface area contributed by atoms with Crippen LogP contribution in [0, 0.1) is 11.3 Å². The average molecular weight is 319 g/mol. The van der Waals surface area contributed by atoms with Crippen LogP contribution in [0.4, 0.5) is 0 Å². The van der Waals surface area contributed by atoms with Crippen molar-refractivity contribution >= 4 is 18.3 Å². The lowest BCUT2D eigenvalue weighted by molar-refractivity contribution is -0.140. The molecule has 2 aliphatic rings. The first kappa shape index (κ1) is 18.7. The summed E-state index contributed by atoms with van der Waals surface area (Å²) in [6.07, 6.45) is 6.27. The van der Waals surface area contributed by atoms with Gasteiger partial charge in [0.05, 0.1) is 6.10 Å². The number of carbonyl (C=O) groups is 1. The van der Waals surface area contributed by atoms with E-state index in [2.05, 4.69) is 26.1 Å². The minimum absolute atomic E-state index is 0. The van der Waals surface area contributed by atoms with Crippen molar-refractivity contribution in [2.24, 2.45) is 17.1 Å². The number of ether oxygens (including phenoxy) is 1. The van der Waals surface area contributed by atoms with Crippen molar-refractivity contribution in [2.75, 3.05) is 6.61 Å². The van der Waals surface area contributed by atoms with E-state index in [1.807, 2.05) is 0 Å². The van der Waals surface area contributed by atoms with Gasteiger partial charge in [-0.2, -0.15) is 0 Å². The Morgan fingerprint density at radius 3 is 2.57 bits per heavy atom. The number of halogens is 1. The van der Waals surface area contributed by atoms with Crippen LogP contribution in [0.1, 0.15) is 59.3 Å². The molecule has 2 aliphatic carbocycles. The van der Waals surface area contributed by atoms with Crippen molar-refractivity contribution in [1.29, 1.82) is 0 Å². The number of rotatable bonds is 6. The van der Waals surface area contributed by atoms with Gasteiger partial charge in [-0.15, -0.1) is 12.4 Å². The summed E-state index contributed by atoms with van der Waals surface area (Å²) in [7, 11) is 0. The maximum absolute atomic E-state index is 12.2. The largest absolute Gasteiger partial charge is 0.378 e.